The quantitative estimate of drug-likeness (QED) is 0.228. The number of carboxylic acids is 4. The average molecular weight is 485 g/mol. The predicted molar refractivity (Wildman–Crippen MR) is 120 cm³/mol. The van der Waals surface area contributed by atoms with Crippen molar-refractivity contribution in [3.63, 3.8) is 0 Å². The van der Waals surface area contributed by atoms with Crippen molar-refractivity contribution in [1.29, 1.82) is 0 Å². The van der Waals surface area contributed by atoms with Crippen molar-refractivity contribution in [3.05, 3.63) is 35.9 Å². The highest BCUT2D eigenvalue weighted by molar-refractivity contribution is 6.03. The van der Waals surface area contributed by atoms with E-state index in [1.54, 1.807) is 31.2 Å². The lowest BCUT2D eigenvalue weighted by atomic mass is 9.77. The molecule has 0 saturated carbocycles. The monoisotopic (exact) mass is 484 g/mol. The maximum atomic E-state index is 11.8. The second-order valence-corrected chi connectivity index (χ2v) is 8.74. The first-order valence-corrected chi connectivity index (χ1v) is 10.2. The van der Waals surface area contributed by atoms with Crippen molar-refractivity contribution >= 4 is 29.8 Å². The molecule has 0 radical (unpaired) electrons. The molecule has 0 heterocycles. The van der Waals surface area contributed by atoms with Crippen LogP contribution in [-0.4, -0.2) is 61.4 Å². The number of hydrogen-bond donors (Lipinski definition) is 5. The van der Waals surface area contributed by atoms with Crippen molar-refractivity contribution in [1.82, 2.24) is 0 Å². The summed E-state index contributed by atoms with van der Waals surface area (Å²) in [6, 6.07) is 8.87. The Bertz CT molecular complexity index is 887. The Labute approximate surface area is 198 Å². The minimum Gasteiger partial charge on any atom is -0.481 e. The summed E-state index contributed by atoms with van der Waals surface area (Å²) >= 11 is 0. The van der Waals surface area contributed by atoms with Crippen LogP contribution in [0, 0.1) is 0 Å². The van der Waals surface area contributed by atoms with Gasteiger partial charge in [0.05, 0.1) is 12.8 Å². The van der Waals surface area contributed by atoms with Crippen LogP contribution in [0.5, 0.6) is 0 Å². The number of ether oxygens (including phenoxy) is 1. The van der Waals surface area contributed by atoms with Crippen LogP contribution in [0.4, 0.5) is 0 Å². The number of carbonyl (C=O) groups excluding carboxylic acids is 1. The largest absolute Gasteiger partial charge is 0.481 e. The number of rotatable bonds is 11. The molecule has 0 aliphatic heterocycles. The smallest absolute Gasteiger partial charge is 0.338 e. The Morgan fingerprint density at radius 2 is 1.41 bits per heavy atom. The lowest BCUT2D eigenvalue weighted by molar-refractivity contribution is -0.170. The van der Waals surface area contributed by atoms with Crippen molar-refractivity contribution in [2.24, 2.45) is 5.73 Å². The van der Waals surface area contributed by atoms with Crippen LogP contribution >= 0.6 is 0 Å². The third-order valence-corrected chi connectivity index (χ3v) is 4.63. The fourth-order valence-electron chi connectivity index (χ4n) is 2.93. The van der Waals surface area contributed by atoms with Crippen LogP contribution in [0.2, 0.25) is 0 Å². The van der Waals surface area contributed by atoms with Crippen molar-refractivity contribution in [2.45, 2.75) is 76.3 Å². The Balaban J connectivity index is 0.000000669. The molecule has 0 amide bonds. The van der Waals surface area contributed by atoms with Gasteiger partial charge in [0.2, 0.25) is 5.54 Å². The van der Waals surface area contributed by atoms with E-state index in [0.29, 0.717) is 0 Å². The van der Waals surface area contributed by atoms with E-state index in [2.05, 4.69) is 0 Å². The van der Waals surface area contributed by atoms with Crippen molar-refractivity contribution in [3.8, 4) is 0 Å². The molecular formula is C23H33NO10. The minimum absolute atomic E-state index is 0.0610. The van der Waals surface area contributed by atoms with Crippen LogP contribution in [-0.2, 0) is 34.1 Å². The normalized spacial score (nSPS) is 13.4. The highest BCUT2D eigenvalue weighted by atomic mass is 16.6. The molecule has 0 aliphatic carbocycles. The number of hydrogen-bond acceptors (Lipinski definition) is 7. The zero-order chi connectivity index (χ0) is 27.4. The van der Waals surface area contributed by atoms with Gasteiger partial charge < -0.3 is 30.9 Å². The van der Waals surface area contributed by atoms with E-state index in [1.807, 2.05) is 6.07 Å². The lowest BCUT2D eigenvalue weighted by Crippen LogP contribution is -2.57. The molecule has 0 aliphatic rings. The molecule has 1 aromatic carbocycles. The standard InChI is InChI=1S/C12H14O4.C11H19NO6/c1-12(7-10(13)14,8-11(15)16)9-5-3-2-4-6-9;1-10(2,3)18-9(17)11(12,8(15)16)6-4-5-7(13)14/h2-6H,7-8H2,1H3,(H,13,14)(H,15,16);4-6,12H2,1-3H3,(H,13,14)(H,15,16)/i;1D. The summed E-state index contributed by atoms with van der Waals surface area (Å²) in [5.41, 5.74) is 1.94. The van der Waals surface area contributed by atoms with E-state index in [-0.39, 0.29) is 39.0 Å². The van der Waals surface area contributed by atoms with Gasteiger partial charge in [0.25, 0.3) is 0 Å². The molecule has 34 heavy (non-hydrogen) atoms. The van der Waals surface area contributed by atoms with Gasteiger partial charge in [-0.05, 0) is 39.2 Å². The van der Waals surface area contributed by atoms with E-state index in [9.17, 15) is 24.0 Å². The van der Waals surface area contributed by atoms with Gasteiger partial charge in [0.15, 0.2) is 0 Å². The molecule has 6 N–H and O–H groups in total. The highest BCUT2D eigenvalue weighted by Gasteiger charge is 2.45. The van der Waals surface area contributed by atoms with E-state index < -0.39 is 46.4 Å². The van der Waals surface area contributed by atoms with Crippen molar-refractivity contribution < 1.29 is 50.5 Å². The average Bonchev–Trinajstić information content (AvgIpc) is 2.72. The third-order valence-electron chi connectivity index (χ3n) is 4.63. The molecule has 1 unspecified atom stereocenters. The van der Waals surface area contributed by atoms with E-state index >= 15 is 0 Å². The summed E-state index contributed by atoms with van der Waals surface area (Å²) in [4.78, 5) is 54.8. The molecule has 190 valence electrons. The Hall–Kier alpha value is -3.47. The van der Waals surface area contributed by atoms with E-state index in [1.165, 1.54) is 13.8 Å². The van der Waals surface area contributed by atoms with Gasteiger partial charge in [-0.2, -0.15) is 0 Å². The number of carbonyl (C=O) groups is 5. The second kappa shape index (κ2) is 12.7. The first kappa shape index (κ1) is 28.6. The molecular weight excluding hydrogens is 450 g/mol. The molecule has 0 fully saturated rings. The number of esters is 1. The van der Waals surface area contributed by atoms with Gasteiger partial charge in [0.1, 0.15) is 5.60 Å². The number of nitrogens with two attached hydrogens (primary N) is 1. The maximum absolute atomic E-state index is 11.8. The number of carboxylic acid groups (broad SMARTS) is 4. The molecule has 1 aromatic rings. The second-order valence-electron chi connectivity index (χ2n) is 8.74. The summed E-state index contributed by atoms with van der Waals surface area (Å²) < 4.78 is 12.1. The van der Waals surface area contributed by atoms with Crippen LogP contribution in [0.1, 0.15) is 66.7 Å². The zero-order valence-corrected chi connectivity index (χ0v) is 19.4. The molecule has 1 atom stereocenters. The Morgan fingerprint density at radius 3 is 1.79 bits per heavy atom. The number of benzene rings is 1. The van der Waals surface area contributed by atoms with Crippen molar-refractivity contribution in [2.75, 3.05) is 0 Å². The first-order valence-electron chi connectivity index (χ1n) is 11.0. The third kappa shape index (κ3) is 10.9. The SMILES string of the molecule is CC(CC(=O)O)(CC(=O)O)c1ccccc1.[2H]CC(C)(C)OC(=O)C(N)(CCCC(=O)O)C(=O)O. The van der Waals surface area contributed by atoms with Crippen LogP contribution < -0.4 is 5.73 Å². The lowest BCUT2D eigenvalue weighted by Gasteiger charge is -2.27. The minimum atomic E-state index is -2.29. The van der Waals surface area contributed by atoms with Gasteiger partial charge in [-0.1, -0.05) is 37.3 Å². The predicted octanol–water partition coefficient (Wildman–Crippen LogP) is 2.26. The van der Waals surface area contributed by atoms with E-state index in [4.69, 9.17) is 32.3 Å². The summed E-state index contributed by atoms with van der Waals surface area (Å²) in [7, 11) is 0. The summed E-state index contributed by atoms with van der Waals surface area (Å²) in [5.74, 6) is -5.83. The molecule has 0 aromatic heterocycles. The topological polar surface area (TPSA) is 202 Å². The highest BCUT2D eigenvalue weighted by Crippen LogP contribution is 2.31. The fourth-order valence-corrected chi connectivity index (χ4v) is 2.93. The molecule has 0 spiro atoms. The maximum Gasteiger partial charge on any atom is 0.338 e. The summed E-state index contributed by atoms with van der Waals surface area (Å²) in [6.07, 6.45) is -1.08. The zero-order valence-electron chi connectivity index (χ0n) is 20.4. The number of aliphatic carboxylic acids is 4. The van der Waals surface area contributed by atoms with E-state index in [0.717, 1.165) is 5.56 Å². The van der Waals surface area contributed by atoms with Gasteiger partial charge in [-0.3, -0.25) is 14.4 Å². The Morgan fingerprint density at radius 1 is 0.912 bits per heavy atom. The summed E-state index contributed by atoms with van der Waals surface area (Å²) in [5, 5.41) is 35.2. The molecule has 0 saturated heterocycles. The van der Waals surface area contributed by atoms with Crippen LogP contribution in [0.25, 0.3) is 0 Å². The van der Waals surface area contributed by atoms with Gasteiger partial charge in [-0.15, -0.1) is 0 Å². The summed E-state index contributed by atoms with van der Waals surface area (Å²) in [6.45, 7) is 4.32. The first-order chi connectivity index (χ1) is 16.0. The molecule has 1 rings (SSSR count). The Kier molecular flexibility index (Phi) is 10.7. The molecule has 11 nitrogen and oxygen atoms in total. The van der Waals surface area contributed by atoms with Gasteiger partial charge in [0, 0.05) is 13.2 Å². The van der Waals surface area contributed by atoms with Crippen LogP contribution in [0.3, 0.4) is 0 Å². The van der Waals surface area contributed by atoms with Gasteiger partial charge in [-0.25, -0.2) is 9.59 Å². The van der Waals surface area contributed by atoms with Gasteiger partial charge >= 0.3 is 29.8 Å². The van der Waals surface area contributed by atoms with Crippen LogP contribution in [0.15, 0.2) is 30.3 Å². The fraction of sp³-hybridized carbons (Fsp3) is 0.522. The molecule has 11 heteroatoms. The molecule has 0 bridgehead atoms.